The van der Waals surface area contributed by atoms with E-state index in [0.29, 0.717) is 23.0 Å². The molecule has 132 valence electrons. The maximum atomic E-state index is 12.1. The second kappa shape index (κ2) is 8.53. The summed E-state index contributed by atoms with van der Waals surface area (Å²) in [6.45, 7) is 4.21. The lowest BCUT2D eigenvalue weighted by molar-refractivity contribution is -0.126. The Kier molecular flexibility index (Phi) is 6.42. The molecule has 5 nitrogen and oxygen atoms in total. The van der Waals surface area contributed by atoms with Crippen LogP contribution in [0.1, 0.15) is 23.1 Å². The Morgan fingerprint density at radius 3 is 2.40 bits per heavy atom. The third-order valence-electron chi connectivity index (χ3n) is 3.69. The lowest BCUT2D eigenvalue weighted by atomic mass is 10.1. The predicted molar refractivity (Wildman–Crippen MR) is 99.0 cm³/mol. The van der Waals surface area contributed by atoms with Gasteiger partial charge in [0.1, 0.15) is 12.2 Å². The smallest absolute Gasteiger partial charge is 0.233 e. The number of rotatable bonds is 6. The van der Waals surface area contributed by atoms with Gasteiger partial charge in [-0.3, -0.25) is 9.59 Å². The van der Waals surface area contributed by atoms with Gasteiger partial charge in [-0.25, -0.2) is 0 Å². The van der Waals surface area contributed by atoms with Crippen LogP contribution in [0.3, 0.4) is 0 Å². The van der Waals surface area contributed by atoms with E-state index < -0.39 is 5.91 Å². The minimum atomic E-state index is -0.415. The largest absolute Gasteiger partial charge is 0.495 e. The summed E-state index contributed by atoms with van der Waals surface area (Å²) in [7, 11) is 1.49. The molecule has 0 bridgehead atoms. The van der Waals surface area contributed by atoms with Gasteiger partial charge in [0.15, 0.2) is 0 Å². The van der Waals surface area contributed by atoms with E-state index in [1.807, 2.05) is 38.1 Å². The topological polar surface area (TPSA) is 67.4 Å². The molecule has 0 aliphatic carbocycles. The van der Waals surface area contributed by atoms with Crippen LogP contribution in [0.15, 0.2) is 36.4 Å². The highest BCUT2D eigenvalue weighted by Crippen LogP contribution is 2.30. The van der Waals surface area contributed by atoms with Crippen LogP contribution in [0.4, 0.5) is 5.69 Å². The molecule has 2 rings (SSSR count). The summed E-state index contributed by atoms with van der Waals surface area (Å²) in [5.41, 5.74) is 3.43. The predicted octanol–water partition coefficient (Wildman–Crippen LogP) is 3.61. The zero-order valence-electron chi connectivity index (χ0n) is 14.5. The first-order chi connectivity index (χ1) is 11.9. The number of carbonyl (C=O) groups is 2. The maximum Gasteiger partial charge on any atom is 0.233 e. The fourth-order valence-corrected chi connectivity index (χ4v) is 2.39. The van der Waals surface area contributed by atoms with Crippen LogP contribution in [-0.2, 0) is 16.1 Å². The van der Waals surface area contributed by atoms with E-state index in [-0.39, 0.29) is 12.3 Å². The molecular formula is C19H21ClN2O3. The van der Waals surface area contributed by atoms with Crippen LogP contribution in [0.2, 0.25) is 5.02 Å². The molecule has 0 spiro atoms. The van der Waals surface area contributed by atoms with Crippen molar-refractivity contribution in [3.05, 3.63) is 58.1 Å². The van der Waals surface area contributed by atoms with Crippen molar-refractivity contribution in [2.24, 2.45) is 0 Å². The van der Waals surface area contributed by atoms with Gasteiger partial charge in [-0.2, -0.15) is 0 Å². The van der Waals surface area contributed by atoms with Crippen molar-refractivity contribution in [2.45, 2.75) is 26.8 Å². The summed E-state index contributed by atoms with van der Waals surface area (Å²) < 4.78 is 5.20. The number of halogens is 1. The molecule has 0 unspecified atom stereocenters. The average molecular weight is 361 g/mol. The van der Waals surface area contributed by atoms with Crippen molar-refractivity contribution in [1.29, 1.82) is 0 Å². The van der Waals surface area contributed by atoms with Crippen molar-refractivity contribution < 1.29 is 14.3 Å². The molecular weight excluding hydrogens is 340 g/mol. The number of amides is 2. The molecule has 0 heterocycles. The third-order valence-corrected chi connectivity index (χ3v) is 4.09. The molecule has 0 atom stereocenters. The number of ether oxygens (including phenoxy) is 1. The molecule has 0 aliphatic rings. The quantitative estimate of drug-likeness (QED) is 0.773. The number of benzene rings is 2. The first-order valence-electron chi connectivity index (χ1n) is 7.85. The number of hydrogen-bond acceptors (Lipinski definition) is 3. The fourth-order valence-electron chi connectivity index (χ4n) is 2.24. The van der Waals surface area contributed by atoms with Gasteiger partial charge < -0.3 is 15.4 Å². The number of methoxy groups -OCH3 is 1. The standard InChI is InChI=1S/C19H21ClN2O3/c1-12-4-6-14(7-5-12)11-21-18(23)10-19(24)22-16-8-13(2)15(20)9-17(16)25-3/h4-9H,10-11H2,1-3H3,(H,21,23)(H,22,24). The molecule has 25 heavy (non-hydrogen) atoms. The number of carbonyl (C=O) groups excluding carboxylic acids is 2. The Labute approximate surface area is 152 Å². The van der Waals surface area contributed by atoms with E-state index in [0.717, 1.165) is 16.7 Å². The van der Waals surface area contributed by atoms with Gasteiger partial charge in [-0.05, 0) is 31.0 Å². The molecule has 0 aromatic heterocycles. The number of hydrogen-bond donors (Lipinski definition) is 2. The summed E-state index contributed by atoms with van der Waals surface area (Å²) in [6.07, 6.45) is -0.267. The second-order valence-corrected chi connectivity index (χ2v) is 6.20. The Morgan fingerprint density at radius 1 is 1.08 bits per heavy atom. The Morgan fingerprint density at radius 2 is 1.76 bits per heavy atom. The van der Waals surface area contributed by atoms with Gasteiger partial charge in [0, 0.05) is 17.6 Å². The van der Waals surface area contributed by atoms with Crippen molar-refractivity contribution in [3.8, 4) is 5.75 Å². The van der Waals surface area contributed by atoms with Gasteiger partial charge in [0.05, 0.1) is 12.8 Å². The van der Waals surface area contributed by atoms with Gasteiger partial charge in [0.25, 0.3) is 0 Å². The molecule has 0 fully saturated rings. The van der Waals surface area contributed by atoms with Crippen LogP contribution in [0, 0.1) is 13.8 Å². The highest BCUT2D eigenvalue weighted by Gasteiger charge is 2.13. The zero-order chi connectivity index (χ0) is 18.4. The van der Waals surface area contributed by atoms with Gasteiger partial charge in [-0.15, -0.1) is 0 Å². The highest BCUT2D eigenvalue weighted by molar-refractivity contribution is 6.31. The third kappa shape index (κ3) is 5.50. The van der Waals surface area contributed by atoms with E-state index in [1.165, 1.54) is 7.11 Å². The Balaban J connectivity index is 1.90. The van der Waals surface area contributed by atoms with Crippen molar-refractivity contribution in [3.63, 3.8) is 0 Å². The van der Waals surface area contributed by atoms with E-state index in [1.54, 1.807) is 12.1 Å². The van der Waals surface area contributed by atoms with E-state index >= 15 is 0 Å². The maximum absolute atomic E-state index is 12.1. The summed E-state index contributed by atoms with van der Waals surface area (Å²) in [4.78, 5) is 24.0. The molecule has 2 N–H and O–H groups in total. The summed E-state index contributed by atoms with van der Waals surface area (Å²) in [5, 5.41) is 5.96. The Hall–Kier alpha value is -2.53. The van der Waals surface area contributed by atoms with E-state index in [4.69, 9.17) is 16.3 Å². The molecule has 6 heteroatoms. The molecule has 2 amide bonds. The van der Waals surface area contributed by atoms with Gasteiger partial charge in [0.2, 0.25) is 11.8 Å². The molecule has 0 aliphatic heterocycles. The highest BCUT2D eigenvalue weighted by atomic mass is 35.5. The van der Waals surface area contributed by atoms with Crippen LogP contribution in [0.5, 0.6) is 5.75 Å². The summed E-state index contributed by atoms with van der Waals surface area (Å²) in [5.74, 6) is -0.312. The van der Waals surface area contributed by atoms with Crippen LogP contribution in [0.25, 0.3) is 0 Å². The molecule has 0 saturated carbocycles. The van der Waals surface area contributed by atoms with Crippen molar-refractivity contribution in [1.82, 2.24) is 5.32 Å². The fraction of sp³-hybridized carbons (Fsp3) is 0.263. The number of nitrogens with one attached hydrogen (secondary N) is 2. The number of anilines is 1. The number of aryl methyl sites for hydroxylation is 2. The lowest BCUT2D eigenvalue weighted by Crippen LogP contribution is -2.27. The van der Waals surface area contributed by atoms with Crippen molar-refractivity contribution >= 4 is 29.1 Å². The Bertz CT molecular complexity index is 773. The van der Waals surface area contributed by atoms with Gasteiger partial charge >= 0.3 is 0 Å². The zero-order valence-corrected chi connectivity index (χ0v) is 15.2. The summed E-state index contributed by atoms with van der Waals surface area (Å²) >= 11 is 6.04. The van der Waals surface area contributed by atoms with Crippen LogP contribution < -0.4 is 15.4 Å². The normalized spacial score (nSPS) is 10.2. The van der Waals surface area contributed by atoms with Crippen LogP contribution in [-0.4, -0.2) is 18.9 Å². The van der Waals surface area contributed by atoms with Crippen molar-refractivity contribution in [2.75, 3.05) is 12.4 Å². The lowest BCUT2D eigenvalue weighted by Gasteiger charge is -2.12. The SMILES string of the molecule is COc1cc(Cl)c(C)cc1NC(=O)CC(=O)NCc1ccc(C)cc1. The monoisotopic (exact) mass is 360 g/mol. The molecule has 2 aromatic rings. The molecule has 0 saturated heterocycles. The average Bonchev–Trinajstić information content (AvgIpc) is 2.57. The minimum Gasteiger partial charge on any atom is -0.495 e. The van der Waals surface area contributed by atoms with E-state index in [9.17, 15) is 9.59 Å². The minimum absolute atomic E-state index is 0.267. The molecule has 2 aromatic carbocycles. The summed E-state index contributed by atoms with van der Waals surface area (Å²) in [6, 6.07) is 11.2. The van der Waals surface area contributed by atoms with Crippen LogP contribution >= 0.6 is 11.6 Å². The first kappa shape index (κ1) is 18.8. The first-order valence-corrected chi connectivity index (χ1v) is 8.23. The van der Waals surface area contributed by atoms with Gasteiger partial charge in [-0.1, -0.05) is 41.4 Å². The molecule has 0 radical (unpaired) electrons. The second-order valence-electron chi connectivity index (χ2n) is 5.79. The van der Waals surface area contributed by atoms with E-state index in [2.05, 4.69) is 10.6 Å².